The highest BCUT2D eigenvalue weighted by molar-refractivity contribution is 5.80. The number of anilines is 1. The number of fused-ring (bicyclic) bond motifs is 1. The van der Waals surface area contributed by atoms with E-state index in [0.717, 1.165) is 31.3 Å². The van der Waals surface area contributed by atoms with Gasteiger partial charge in [-0.05, 0) is 36.8 Å². The first-order chi connectivity index (χ1) is 19.1. The van der Waals surface area contributed by atoms with Crippen LogP contribution in [0.1, 0.15) is 24.1 Å². The van der Waals surface area contributed by atoms with Crippen LogP contribution in [0.4, 0.5) is 23.2 Å². The van der Waals surface area contributed by atoms with Crippen molar-refractivity contribution in [1.82, 2.24) is 14.4 Å². The van der Waals surface area contributed by atoms with Gasteiger partial charge in [0, 0.05) is 81.6 Å². The van der Waals surface area contributed by atoms with Gasteiger partial charge in [0.1, 0.15) is 11.6 Å². The molecule has 4 heterocycles. The number of aromatic nitrogens is 1. The van der Waals surface area contributed by atoms with Gasteiger partial charge in [0.15, 0.2) is 0 Å². The fraction of sp³-hybridized carbons (Fsp3) is 0.517. The normalized spacial score (nSPS) is 23.9. The molecule has 7 nitrogen and oxygen atoms in total. The Bertz CT molecular complexity index is 1280. The lowest BCUT2D eigenvalue weighted by molar-refractivity contribution is -0.138. The molecule has 0 N–H and O–H groups in total. The van der Waals surface area contributed by atoms with Crippen LogP contribution in [0, 0.1) is 11.7 Å². The number of Topliss-reactive ketones (excluding diaryl/α,β-unsaturated/α-hetero) is 1. The Morgan fingerprint density at radius 3 is 2.58 bits per heavy atom. The zero-order valence-corrected chi connectivity index (χ0v) is 22.3. The predicted octanol–water partition coefficient (Wildman–Crippen LogP) is 3.56. The number of likely N-dealkylation sites (tertiary alicyclic amines) is 1. The van der Waals surface area contributed by atoms with Crippen molar-refractivity contribution in [3.8, 4) is 0 Å². The third-order valence-electron chi connectivity index (χ3n) is 8.17. The van der Waals surface area contributed by atoms with Crippen LogP contribution in [0.25, 0.3) is 0 Å². The van der Waals surface area contributed by atoms with E-state index in [0.29, 0.717) is 44.8 Å². The van der Waals surface area contributed by atoms with Crippen LogP contribution in [0.2, 0.25) is 0 Å². The van der Waals surface area contributed by atoms with E-state index in [9.17, 15) is 27.2 Å². The number of benzene rings is 1. The molecule has 5 rings (SSSR count). The standard InChI is InChI=1S/C29H34F4N4O3/c1-2-11-40-27-19-36(24-7-8-35(17-24)23-5-3-22(30)4-6-23)15-20(27)12-26(38)18-34-9-10-37-25(16-34)13-21(14-28(37)39)29(31,32)33/h2-6,13-14,20,24,27H,1,7-12,15-19H2/t20?,24?,27-/m0/s1. The second-order valence-electron chi connectivity index (χ2n) is 10.9. The van der Waals surface area contributed by atoms with Crippen LogP contribution < -0.4 is 10.5 Å². The van der Waals surface area contributed by atoms with Crippen LogP contribution in [-0.4, -0.2) is 78.2 Å². The molecule has 3 atom stereocenters. The Labute approximate surface area is 230 Å². The first-order valence-corrected chi connectivity index (χ1v) is 13.6. The number of ether oxygens (including phenoxy) is 1. The molecular weight excluding hydrogens is 528 g/mol. The van der Waals surface area contributed by atoms with Crippen molar-refractivity contribution in [1.29, 1.82) is 0 Å². The highest BCUT2D eigenvalue weighted by Crippen LogP contribution is 2.31. The summed E-state index contributed by atoms with van der Waals surface area (Å²) in [5.74, 6) is -0.271. The minimum absolute atomic E-state index is 0.00110. The highest BCUT2D eigenvalue weighted by Gasteiger charge is 2.40. The van der Waals surface area contributed by atoms with Crippen LogP contribution >= 0.6 is 0 Å². The number of carbonyl (C=O) groups excluding carboxylic acids is 1. The molecule has 2 saturated heterocycles. The largest absolute Gasteiger partial charge is 0.416 e. The lowest BCUT2D eigenvalue weighted by Crippen LogP contribution is -2.42. The molecule has 0 bridgehead atoms. The molecule has 0 spiro atoms. The number of alkyl halides is 3. The fourth-order valence-corrected chi connectivity index (χ4v) is 6.17. The Morgan fingerprint density at radius 2 is 1.85 bits per heavy atom. The summed E-state index contributed by atoms with van der Waals surface area (Å²) >= 11 is 0. The molecular formula is C29H34F4N4O3. The van der Waals surface area contributed by atoms with Crippen LogP contribution in [0.5, 0.6) is 0 Å². The van der Waals surface area contributed by atoms with E-state index in [2.05, 4.69) is 16.4 Å². The van der Waals surface area contributed by atoms with E-state index in [1.54, 1.807) is 23.1 Å². The average Bonchev–Trinajstić information content (AvgIpc) is 3.54. The summed E-state index contributed by atoms with van der Waals surface area (Å²) < 4.78 is 60.4. The smallest absolute Gasteiger partial charge is 0.372 e. The molecule has 40 heavy (non-hydrogen) atoms. The Hall–Kier alpha value is -3.02. The van der Waals surface area contributed by atoms with Crippen molar-refractivity contribution < 1.29 is 27.1 Å². The van der Waals surface area contributed by atoms with Crippen molar-refractivity contribution in [2.24, 2.45) is 5.92 Å². The SMILES string of the molecule is C=CCO[C@H]1CN(C2CCN(c3ccc(F)cc3)C2)CC1CC(=O)CN1CCn2c(cc(C(F)(F)F)cc2=O)C1. The van der Waals surface area contributed by atoms with E-state index >= 15 is 0 Å². The Kier molecular flexibility index (Phi) is 8.44. The summed E-state index contributed by atoms with van der Waals surface area (Å²) in [5, 5.41) is 0. The first-order valence-electron chi connectivity index (χ1n) is 13.6. The van der Waals surface area contributed by atoms with Gasteiger partial charge < -0.3 is 14.2 Å². The zero-order valence-electron chi connectivity index (χ0n) is 22.3. The van der Waals surface area contributed by atoms with Gasteiger partial charge in [0.2, 0.25) is 0 Å². The zero-order chi connectivity index (χ0) is 28.4. The van der Waals surface area contributed by atoms with E-state index in [1.165, 1.54) is 16.7 Å². The molecule has 0 radical (unpaired) electrons. The van der Waals surface area contributed by atoms with Crippen molar-refractivity contribution in [2.45, 2.75) is 44.3 Å². The van der Waals surface area contributed by atoms with E-state index in [1.807, 2.05) is 0 Å². The lowest BCUT2D eigenvalue weighted by atomic mass is 9.98. The number of pyridine rings is 1. The third-order valence-corrected chi connectivity index (χ3v) is 8.17. The van der Waals surface area contributed by atoms with Crippen LogP contribution in [-0.2, 0) is 28.8 Å². The van der Waals surface area contributed by atoms with Gasteiger partial charge in [0.25, 0.3) is 5.56 Å². The van der Waals surface area contributed by atoms with Crippen molar-refractivity contribution in [3.63, 3.8) is 0 Å². The van der Waals surface area contributed by atoms with Crippen LogP contribution in [0.3, 0.4) is 0 Å². The second-order valence-corrected chi connectivity index (χ2v) is 10.9. The number of hydrogen-bond acceptors (Lipinski definition) is 6. The molecule has 2 unspecified atom stereocenters. The molecule has 0 saturated carbocycles. The molecule has 1 aromatic heterocycles. The van der Waals surface area contributed by atoms with Gasteiger partial charge >= 0.3 is 6.18 Å². The summed E-state index contributed by atoms with van der Waals surface area (Å²) in [4.78, 5) is 31.8. The van der Waals surface area contributed by atoms with Gasteiger partial charge in [-0.2, -0.15) is 13.2 Å². The minimum Gasteiger partial charge on any atom is -0.372 e. The molecule has 0 amide bonds. The molecule has 216 valence electrons. The molecule has 3 aliphatic rings. The summed E-state index contributed by atoms with van der Waals surface area (Å²) in [6.45, 7) is 8.09. The number of halogens is 4. The average molecular weight is 563 g/mol. The van der Waals surface area contributed by atoms with Crippen molar-refractivity contribution in [2.75, 3.05) is 50.8 Å². The highest BCUT2D eigenvalue weighted by atomic mass is 19.4. The van der Waals surface area contributed by atoms with Gasteiger partial charge in [-0.3, -0.25) is 19.4 Å². The van der Waals surface area contributed by atoms with Gasteiger partial charge in [0.05, 0.1) is 24.8 Å². The third kappa shape index (κ3) is 6.47. The maximum Gasteiger partial charge on any atom is 0.416 e. The molecule has 2 fully saturated rings. The fourth-order valence-electron chi connectivity index (χ4n) is 6.17. The molecule has 0 aliphatic carbocycles. The second kappa shape index (κ2) is 11.8. The molecule has 3 aliphatic heterocycles. The maximum absolute atomic E-state index is 13.3. The van der Waals surface area contributed by atoms with Gasteiger partial charge in [-0.1, -0.05) is 6.08 Å². The number of nitrogens with zero attached hydrogens (tertiary/aromatic N) is 4. The van der Waals surface area contributed by atoms with Gasteiger partial charge in [-0.25, -0.2) is 4.39 Å². The summed E-state index contributed by atoms with van der Waals surface area (Å²) in [6, 6.07) is 8.43. The van der Waals surface area contributed by atoms with Crippen molar-refractivity contribution in [3.05, 3.63) is 76.5 Å². The monoisotopic (exact) mass is 562 g/mol. The van der Waals surface area contributed by atoms with E-state index < -0.39 is 17.3 Å². The minimum atomic E-state index is -4.60. The Balaban J connectivity index is 1.19. The molecule has 2 aromatic rings. The summed E-state index contributed by atoms with van der Waals surface area (Å²) in [7, 11) is 0. The van der Waals surface area contributed by atoms with Crippen molar-refractivity contribution >= 4 is 11.5 Å². The van der Waals surface area contributed by atoms with E-state index in [-0.39, 0.29) is 49.0 Å². The molecule has 1 aromatic carbocycles. The molecule has 11 heteroatoms. The lowest BCUT2D eigenvalue weighted by Gasteiger charge is -2.30. The van der Waals surface area contributed by atoms with Crippen LogP contribution in [0.15, 0.2) is 53.8 Å². The predicted molar refractivity (Wildman–Crippen MR) is 143 cm³/mol. The summed E-state index contributed by atoms with van der Waals surface area (Å²) in [6.07, 6.45) is -1.78. The topological polar surface area (TPSA) is 58.0 Å². The van der Waals surface area contributed by atoms with E-state index in [4.69, 9.17) is 4.74 Å². The number of carbonyl (C=O) groups is 1. The number of ketones is 1. The maximum atomic E-state index is 13.3. The number of hydrogen-bond donors (Lipinski definition) is 0. The quantitative estimate of drug-likeness (QED) is 0.344. The number of rotatable bonds is 9. The van der Waals surface area contributed by atoms with Gasteiger partial charge in [-0.15, -0.1) is 6.58 Å². The first kappa shape index (κ1) is 28.5. The Morgan fingerprint density at radius 1 is 1.07 bits per heavy atom. The summed E-state index contributed by atoms with van der Waals surface area (Å²) in [5.41, 5.74) is -0.379.